The van der Waals surface area contributed by atoms with E-state index in [9.17, 15) is 19.2 Å². The summed E-state index contributed by atoms with van der Waals surface area (Å²) in [5, 5.41) is 3.24. The van der Waals surface area contributed by atoms with Gasteiger partial charge >= 0.3 is 5.97 Å². The largest absolute Gasteiger partial charge is 0.462 e. The molecule has 1 saturated heterocycles. The van der Waals surface area contributed by atoms with E-state index < -0.39 is 29.6 Å². The minimum absolute atomic E-state index is 0.113. The number of anilines is 1. The number of halogens is 1. The Morgan fingerprint density at radius 1 is 1.16 bits per heavy atom. The van der Waals surface area contributed by atoms with Crippen LogP contribution in [0.1, 0.15) is 49.2 Å². The number of aromatic nitrogens is 1. The molecule has 192 valence electrons. The SMILES string of the molecule is CCCOC(=O)c1cc(NC(=O)CN2C(=O)S/C(=C/c3cn(C(C)C)c4ccccc34)C2=O)ccc1Cl. The zero-order valence-electron chi connectivity index (χ0n) is 20.6. The van der Waals surface area contributed by atoms with E-state index in [1.807, 2.05) is 37.4 Å². The lowest BCUT2D eigenvalue weighted by atomic mass is 10.1. The van der Waals surface area contributed by atoms with Crippen LogP contribution < -0.4 is 5.32 Å². The second-order valence-electron chi connectivity index (χ2n) is 8.75. The maximum Gasteiger partial charge on any atom is 0.339 e. The lowest BCUT2D eigenvalue weighted by Crippen LogP contribution is -2.36. The lowest BCUT2D eigenvalue weighted by Gasteiger charge is -2.13. The molecule has 3 aromatic rings. The Balaban J connectivity index is 1.49. The fourth-order valence-corrected chi connectivity index (χ4v) is 4.95. The summed E-state index contributed by atoms with van der Waals surface area (Å²) >= 11 is 6.90. The zero-order valence-corrected chi connectivity index (χ0v) is 22.2. The normalized spacial score (nSPS) is 14.7. The van der Waals surface area contributed by atoms with E-state index >= 15 is 0 Å². The number of benzene rings is 2. The summed E-state index contributed by atoms with van der Waals surface area (Å²) in [6.45, 7) is 5.79. The number of rotatable bonds is 8. The number of carbonyl (C=O) groups excluding carboxylic acids is 4. The molecule has 1 fully saturated rings. The highest BCUT2D eigenvalue weighted by Crippen LogP contribution is 2.34. The summed E-state index contributed by atoms with van der Waals surface area (Å²) in [5.41, 5.74) is 2.26. The van der Waals surface area contributed by atoms with Gasteiger partial charge in [0.2, 0.25) is 5.91 Å². The van der Waals surface area contributed by atoms with E-state index in [0.717, 1.165) is 33.1 Å². The molecule has 0 atom stereocenters. The molecule has 8 nitrogen and oxygen atoms in total. The molecule has 0 radical (unpaired) electrons. The van der Waals surface area contributed by atoms with Gasteiger partial charge in [-0.3, -0.25) is 19.3 Å². The molecule has 1 aromatic heterocycles. The number of fused-ring (bicyclic) bond motifs is 1. The molecule has 0 bridgehead atoms. The molecule has 4 rings (SSSR count). The summed E-state index contributed by atoms with van der Waals surface area (Å²) in [6, 6.07) is 12.5. The highest BCUT2D eigenvalue weighted by molar-refractivity contribution is 8.18. The Kier molecular flexibility index (Phi) is 8.04. The molecular weight excluding hydrogens is 514 g/mol. The third-order valence-electron chi connectivity index (χ3n) is 5.70. The van der Waals surface area contributed by atoms with Gasteiger partial charge in [-0.05, 0) is 62.4 Å². The maximum atomic E-state index is 13.0. The quantitative estimate of drug-likeness (QED) is 0.274. The van der Waals surface area contributed by atoms with Crippen molar-refractivity contribution in [3.05, 3.63) is 69.7 Å². The number of nitrogens with zero attached hydrogens (tertiary/aromatic N) is 2. The first kappa shape index (κ1) is 26.5. The van der Waals surface area contributed by atoms with Gasteiger partial charge in [0.15, 0.2) is 0 Å². The number of hydrogen-bond donors (Lipinski definition) is 1. The van der Waals surface area contributed by atoms with Gasteiger partial charge in [-0.2, -0.15) is 0 Å². The van der Waals surface area contributed by atoms with E-state index in [4.69, 9.17) is 16.3 Å². The van der Waals surface area contributed by atoms with Gasteiger partial charge in [0.05, 0.1) is 22.1 Å². The molecule has 37 heavy (non-hydrogen) atoms. The number of amides is 3. The zero-order chi connectivity index (χ0) is 26.7. The molecule has 0 unspecified atom stereocenters. The molecule has 10 heteroatoms. The molecule has 0 saturated carbocycles. The first-order valence-corrected chi connectivity index (χ1v) is 13.0. The molecule has 0 aliphatic carbocycles. The van der Waals surface area contributed by atoms with Gasteiger partial charge in [-0.25, -0.2) is 4.79 Å². The van der Waals surface area contributed by atoms with Crippen LogP contribution in [0.15, 0.2) is 53.6 Å². The highest BCUT2D eigenvalue weighted by Gasteiger charge is 2.36. The van der Waals surface area contributed by atoms with E-state index in [1.54, 1.807) is 6.08 Å². The maximum absolute atomic E-state index is 13.0. The van der Waals surface area contributed by atoms with Crippen molar-refractivity contribution in [1.82, 2.24) is 9.47 Å². The van der Waals surface area contributed by atoms with Crippen LogP contribution >= 0.6 is 23.4 Å². The number of ether oxygens (including phenoxy) is 1. The van der Waals surface area contributed by atoms with Crippen molar-refractivity contribution in [2.45, 2.75) is 33.2 Å². The average Bonchev–Trinajstić information content (AvgIpc) is 3.36. The summed E-state index contributed by atoms with van der Waals surface area (Å²) in [4.78, 5) is 51.7. The fraction of sp³-hybridized carbons (Fsp3) is 0.259. The molecule has 1 aliphatic rings. The standard InChI is InChI=1S/C27H26ClN3O5S/c1-4-11-36-26(34)20-13-18(9-10-21(20)28)29-24(32)15-31-25(33)23(37-27(31)35)12-17-14-30(16(2)3)22-8-6-5-7-19(17)22/h5-10,12-14,16H,4,11,15H2,1-3H3,(H,29,32)/b23-12+. The van der Waals surface area contributed by atoms with E-state index in [1.165, 1.54) is 18.2 Å². The van der Waals surface area contributed by atoms with Gasteiger partial charge in [-0.15, -0.1) is 0 Å². The Hall–Kier alpha value is -3.56. The molecule has 3 amide bonds. The number of imide groups is 1. The minimum atomic E-state index is -0.599. The first-order valence-electron chi connectivity index (χ1n) is 11.8. The molecule has 2 aromatic carbocycles. The van der Waals surface area contributed by atoms with Crippen LogP contribution in [0, 0.1) is 0 Å². The molecule has 0 spiro atoms. The highest BCUT2D eigenvalue weighted by atomic mass is 35.5. The fourth-order valence-electron chi connectivity index (χ4n) is 3.93. The van der Waals surface area contributed by atoms with Crippen molar-refractivity contribution in [1.29, 1.82) is 0 Å². The van der Waals surface area contributed by atoms with Crippen molar-refractivity contribution in [3.8, 4) is 0 Å². The van der Waals surface area contributed by atoms with Crippen molar-refractivity contribution in [2.24, 2.45) is 0 Å². The van der Waals surface area contributed by atoms with Crippen molar-refractivity contribution >= 4 is 69.1 Å². The number of nitrogens with one attached hydrogen (secondary N) is 1. The smallest absolute Gasteiger partial charge is 0.339 e. The average molecular weight is 540 g/mol. The number of hydrogen-bond acceptors (Lipinski definition) is 6. The summed E-state index contributed by atoms with van der Waals surface area (Å²) < 4.78 is 7.22. The third-order valence-corrected chi connectivity index (χ3v) is 6.93. The predicted octanol–water partition coefficient (Wildman–Crippen LogP) is 6.12. The monoisotopic (exact) mass is 539 g/mol. The summed E-state index contributed by atoms with van der Waals surface area (Å²) in [5.74, 6) is -1.72. The number of carbonyl (C=O) groups is 4. The van der Waals surface area contributed by atoms with Crippen LogP contribution in [-0.2, 0) is 14.3 Å². The lowest BCUT2D eigenvalue weighted by molar-refractivity contribution is -0.127. The van der Waals surface area contributed by atoms with Crippen molar-refractivity contribution in [2.75, 3.05) is 18.5 Å². The Bertz CT molecular complexity index is 1430. The van der Waals surface area contributed by atoms with Gasteiger partial charge in [0.25, 0.3) is 11.1 Å². The minimum Gasteiger partial charge on any atom is -0.462 e. The Labute approximate surface area is 223 Å². The second kappa shape index (κ2) is 11.2. The molecule has 1 aliphatic heterocycles. The Morgan fingerprint density at radius 3 is 2.65 bits per heavy atom. The number of esters is 1. The van der Waals surface area contributed by atoms with E-state index in [2.05, 4.69) is 23.7 Å². The van der Waals surface area contributed by atoms with Gasteiger partial charge in [0, 0.05) is 34.4 Å². The summed E-state index contributed by atoms with van der Waals surface area (Å²) in [6.07, 6.45) is 4.31. The summed E-state index contributed by atoms with van der Waals surface area (Å²) in [7, 11) is 0. The van der Waals surface area contributed by atoms with Gasteiger partial charge in [0.1, 0.15) is 6.54 Å². The van der Waals surface area contributed by atoms with Crippen molar-refractivity contribution in [3.63, 3.8) is 0 Å². The molecular formula is C27H26ClN3O5S. The van der Waals surface area contributed by atoms with Crippen LogP contribution in [0.5, 0.6) is 0 Å². The van der Waals surface area contributed by atoms with Gasteiger partial charge < -0.3 is 14.6 Å². The number of thioether (sulfide) groups is 1. The van der Waals surface area contributed by atoms with Crippen LogP contribution in [0.4, 0.5) is 10.5 Å². The van der Waals surface area contributed by atoms with Gasteiger partial charge in [-0.1, -0.05) is 36.7 Å². The first-order chi connectivity index (χ1) is 17.7. The Morgan fingerprint density at radius 2 is 1.92 bits per heavy atom. The van der Waals surface area contributed by atoms with E-state index in [-0.39, 0.29) is 28.1 Å². The third kappa shape index (κ3) is 5.73. The molecule has 1 N–H and O–H groups in total. The molecule has 2 heterocycles. The van der Waals surface area contributed by atoms with Crippen LogP contribution in [-0.4, -0.2) is 45.6 Å². The van der Waals surface area contributed by atoms with Crippen molar-refractivity contribution < 1.29 is 23.9 Å². The topological polar surface area (TPSA) is 97.7 Å². The van der Waals surface area contributed by atoms with E-state index in [0.29, 0.717) is 12.1 Å². The van der Waals surface area contributed by atoms with Crippen LogP contribution in [0.25, 0.3) is 17.0 Å². The van der Waals surface area contributed by atoms with Crippen LogP contribution in [0.2, 0.25) is 5.02 Å². The number of para-hydroxylation sites is 1. The predicted molar refractivity (Wildman–Crippen MR) is 146 cm³/mol. The second-order valence-corrected chi connectivity index (χ2v) is 10.1. The van der Waals surface area contributed by atoms with Crippen LogP contribution in [0.3, 0.4) is 0 Å².